The monoisotopic (exact) mass is 404 g/mol. The summed E-state index contributed by atoms with van der Waals surface area (Å²) >= 11 is 0. The van der Waals surface area contributed by atoms with Gasteiger partial charge >= 0.3 is 6.18 Å². The number of nitrogens with two attached hydrogens (primary N) is 2. The van der Waals surface area contributed by atoms with Crippen LogP contribution in [0.25, 0.3) is 0 Å². The zero-order chi connectivity index (χ0) is 20.7. The van der Waals surface area contributed by atoms with Gasteiger partial charge in [0.1, 0.15) is 11.0 Å². The Morgan fingerprint density at radius 2 is 1.81 bits per heavy atom. The SMILES string of the molecule is CCC(C)(C)C1(Oc2ccccc2C(F)(F)F)C=CC(S(N)(=O)=O)C(N)=C1. The zero-order valence-electron chi connectivity index (χ0n) is 15.2. The van der Waals surface area contributed by atoms with Gasteiger partial charge in [-0.05, 0) is 30.7 Å². The molecule has 150 valence electrons. The molecule has 4 N–H and O–H groups in total. The number of hydrogen-bond acceptors (Lipinski definition) is 4. The highest BCUT2D eigenvalue weighted by Crippen LogP contribution is 2.45. The number of hydrogen-bond donors (Lipinski definition) is 2. The van der Waals surface area contributed by atoms with E-state index < -0.39 is 38.0 Å². The first-order chi connectivity index (χ1) is 12.2. The Bertz CT molecular complexity index is 876. The second-order valence-electron chi connectivity index (χ2n) is 7.14. The van der Waals surface area contributed by atoms with Gasteiger partial charge in [-0.1, -0.05) is 39.0 Å². The van der Waals surface area contributed by atoms with Crippen LogP contribution in [0.5, 0.6) is 5.75 Å². The number of para-hydroxylation sites is 1. The molecule has 0 amide bonds. The van der Waals surface area contributed by atoms with E-state index in [4.69, 9.17) is 15.6 Å². The van der Waals surface area contributed by atoms with E-state index in [0.29, 0.717) is 6.42 Å². The van der Waals surface area contributed by atoms with E-state index in [1.165, 1.54) is 36.4 Å². The Hall–Kier alpha value is -2.00. The number of rotatable bonds is 5. The van der Waals surface area contributed by atoms with Gasteiger partial charge in [-0.15, -0.1) is 0 Å². The van der Waals surface area contributed by atoms with Crippen molar-refractivity contribution in [2.45, 2.75) is 44.2 Å². The maximum atomic E-state index is 13.4. The van der Waals surface area contributed by atoms with E-state index in [9.17, 15) is 21.6 Å². The number of primary sulfonamides is 1. The van der Waals surface area contributed by atoms with Crippen LogP contribution in [-0.4, -0.2) is 19.3 Å². The third kappa shape index (κ3) is 4.14. The molecule has 2 atom stereocenters. The van der Waals surface area contributed by atoms with Gasteiger partial charge in [-0.25, -0.2) is 13.6 Å². The molecule has 2 unspecified atom stereocenters. The average Bonchev–Trinajstić information content (AvgIpc) is 2.53. The molecule has 0 fully saturated rings. The number of halogens is 3. The number of alkyl halides is 3. The van der Waals surface area contributed by atoms with Gasteiger partial charge in [0, 0.05) is 11.1 Å². The van der Waals surface area contributed by atoms with Crippen LogP contribution in [0, 0.1) is 5.41 Å². The second kappa shape index (κ2) is 6.87. The molecule has 0 aromatic heterocycles. The lowest BCUT2D eigenvalue weighted by molar-refractivity contribution is -0.140. The van der Waals surface area contributed by atoms with Gasteiger partial charge in [0.15, 0.2) is 5.60 Å². The van der Waals surface area contributed by atoms with Crippen molar-refractivity contribution in [2.24, 2.45) is 16.3 Å². The molecular formula is C18H23F3N2O3S. The van der Waals surface area contributed by atoms with E-state index in [0.717, 1.165) is 6.07 Å². The number of benzene rings is 1. The molecule has 0 saturated heterocycles. The Morgan fingerprint density at radius 1 is 1.22 bits per heavy atom. The summed E-state index contributed by atoms with van der Waals surface area (Å²) in [6, 6.07) is 4.85. The van der Waals surface area contributed by atoms with Gasteiger partial charge in [-0.2, -0.15) is 13.2 Å². The van der Waals surface area contributed by atoms with E-state index in [1.807, 2.05) is 6.92 Å². The molecule has 1 aromatic rings. The van der Waals surface area contributed by atoms with Gasteiger partial charge < -0.3 is 10.5 Å². The van der Waals surface area contributed by atoms with Crippen LogP contribution in [0.3, 0.4) is 0 Å². The minimum Gasteiger partial charge on any atom is -0.478 e. The molecule has 2 rings (SSSR count). The fourth-order valence-electron chi connectivity index (χ4n) is 2.89. The van der Waals surface area contributed by atoms with Gasteiger partial charge in [-0.3, -0.25) is 0 Å². The minimum absolute atomic E-state index is 0.0917. The topological polar surface area (TPSA) is 95.4 Å². The Morgan fingerprint density at radius 3 is 2.30 bits per heavy atom. The van der Waals surface area contributed by atoms with E-state index in [-0.39, 0.29) is 11.4 Å². The summed E-state index contributed by atoms with van der Waals surface area (Å²) in [7, 11) is -4.00. The first-order valence-electron chi connectivity index (χ1n) is 8.28. The van der Waals surface area contributed by atoms with E-state index in [2.05, 4.69) is 0 Å². The quantitative estimate of drug-likeness (QED) is 0.736. The zero-order valence-corrected chi connectivity index (χ0v) is 16.1. The molecule has 0 aliphatic heterocycles. The van der Waals surface area contributed by atoms with E-state index >= 15 is 0 Å². The van der Waals surface area contributed by atoms with Crippen LogP contribution in [0.2, 0.25) is 0 Å². The fourth-order valence-corrected chi connectivity index (χ4v) is 3.63. The molecule has 5 nitrogen and oxygen atoms in total. The standard InChI is InChI=1S/C18H23F3N2O3S/c1-4-16(2,3)17(10-9-15(13(22)11-17)27(23,24)25)26-14-8-6-5-7-12(14)18(19,20)21/h5-11,15H,4,22H2,1-3H3,(H2,23,24,25). The summed E-state index contributed by atoms with van der Waals surface area (Å²) in [5.41, 5.74) is 2.82. The Labute approximate surface area is 156 Å². The summed E-state index contributed by atoms with van der Waals surface area (Å²) in [5.74, 6) is -0.366. The van der Waals surface area contributed by atoms with Crippen molar-refractivity contribution in [1.29, 1.82) is 0 Å². The maximum absolute atomic E-state index is 13.4. The van der Waals surface area contributed by atoms with Gasteiger partial charge in [0.25, 0.3) is 0 Å². The highest BCUT2D eigenvalue weighted by atomic mass is 32.2. The molecule has 1 aromatic carbocycles. The molecule has 0 heterocycles. The lowest BCUT2D eigenvalue weighted by atomic mass is 9.70. The number of ether oxygens (including phenoxy) is 1. The highest BCUT2D eigenvalue weighted by Gasteiger charge is 2.47. The third-order valence-electron chi connectivity index (χ3n) is 5.00. The second-order valence-corrected chi connectivity index (χ2v) is 8.83. The largest absolute Gasteiger partial charge is 0.478 e. The van der Waals surface area contributed by atoms with Crippen molar-refractivity contribution in [2.75, 3.05) is 0 Å². The molecule has 9 heteroatoms. The van der Waals surface area contributed by atoms with Crippen molar-refractivity contribution in [3.05, 3.63) is 53.8 Å². The van der Waals surface area contributed by atoms with Crippen LogP contribution >= 0.6 is 0 Å². The normalized spacial score (nSPS) is 23.8. The Kier molecular flexibility index (Phi) is 5.42. The van der Waals surface area contributed by atoms with E-state index in [1.54, 1.807) is 13.8 Å². The van der Waals surface area contributed by atoms with Crippen LogP contribution in [0.4, 0.5) is 13.2 Å². The summed E-state index contributed by atoms with van der Waals surface area (Å²) in [5, 5.41) is 3.92. The average molecular weight is 404 g/mol. The summed E-state index contributed by atoms with van der Waals surface area (Å²) < 4.78 is 69.4. The number of sulfonamides is 1. The van der Waals surface area contributed by atoms with Crippen LogP contribution in [0.1, 0.15) is 32.8 Å². The maximum Gasteiger partial charge on any atom is 0.419 e. The molecule has 0 saturated carbocycles. The lowest BCUT2D eigenvalue weighted by Crippen LogP contribution is -2.50. The Balaban J connectivity index is 2.61. The molecule has 1 aliphatic rings. The predicted octanol–water partition coefficient (Wildman–Crippen LogP) is 3.33. The minimum atomic E-state index is -4.61. The van der Waals surface area contributed by atoms with Crippen molar-refractivity contribution < 1.29 is 26.3 Å². The van der Waals surface area contributed by atoms with Crippen LogP contribution in [0.15, 0.2) is 48.2 Å². The lowest BCUT2D eigenvalue weighted by Gasteiger charge is -2.45. The molecular weight excluding hydrogens is 381 g/mol. The summed E-state index contributed by atoms with van der Waals surface area (Å²) in [6.45, 7) is 5.45. The van der Waals surface area contributed by atoms with Crippen LogP contribution in [-0.2, 0) is 16.2 Å². The third-order valence-corrected chi connectivity index (χ3v) is 6.13. The van der Waals surface area contributed by atoms with Crippen molar-refractivity contribution in [3.63, 3.8) is 0 Å². The van der Waals surface area contributed by atoms with Gasteiger partial charge in [0.05, 0.1) is 5.56 Å². The van der Waals surface area contributed by atoms with Crippen molar-refractivity contribution in [1.82, 2.24) is 0 Å². The first kappa shape index (κ1) is 21.3. The smallest absolute Gasteiger partial charge is 0.419 e. The fraction of sp³-hybridized carbons (Fsp3) is 0.444. The first-order valence-corrected chi connectivity index (χ1v) is 9.89. The predicted molar refractivity (Wildman–Crippen MR) is 97.2 cm³/mol. The van der Waals surface area contributed by atoms with Gasteiger partial charge in [0.2, 0.25) is 10.0 Å². The van der Waals surface area contributed by atoms with Crippen molar-refractivity contribution >= 4 is 10.0 Å². The van der Waals surface area contributed by atoms with Crippen molar-refractivity contribution in [3.8, 4) is 5.75 Å². The molecule has 1 aliphatic carbocycles. The summed E-state index contributed by atoms with van der Waals surface area (Å²) in [6.07, 6.45) is -0.0492. The van der Waals surface area contributed by atoms with Crippen LogP contribution < -0.4 is 15.6 Å². The molecule has 0 bridgehead atoms. The molecule has 0 spiro atoms. The molecule has 27 heavy (non-hydrogen) atoms. The highest BCUT2D eigenvalue weighted by molar-refractivity contribution is 7.90. The summed E-state index contributed by atoms with van der Waals surface area (Å²) in [4.78, 5) is 0. The molecule has 0 radical (unpaired) electrons.